The molecule has 1 aromatic carbocycles. The predicted octanol–water partition coefficient (Wildman–Crippen LogP) is 2.81. The Hall–Kier alpha value is -1.09. The highest BCUT2D eigenvalue weighted by Crippen LogP contribution is 2.22. The normalized spacial score (nSPS) is 12.5. The van der Waals surface area contributed by atoms with Gasteiger partial charge in [0.1, 0.15) is 5.82 Å². The first-order valence-corrected chi connectivity index (χ1v) is 6.28. The zero-order valence-corrected chi connectivity index (χ0v) is 11.0. The number of hydrogen-bond acceptors (Lipinski definition) is 2. The number of nitrogens with zero attached hydrogens (tertiary/aromatic N) is 1. The number of benzene rings is 1. The van der Waals surface area contributed by atoms with Crippen molar-refractivity contribution in [3.8, 4) is 0 Å². The molecule has 0 spiro atoms. The van der Waals surface area contributed by atoms with E-state index in [9.17, 15) is 4.39 Å². The van der Waals surface area contributed by atoms with Crippen LogP contribution in [0.3, 0.4) is 0 Å². The Balaban J connectivity index is 2.87. The number of halogens is 1. The van der Waals surface area contributed by atoms with Gasteiger partial charge in [-0.05, 0) is 42.6 Å². The van der Waals surface area contributed by atoms with Gasteiger partial charge in [0.2, 0.25) is 0 Å². The summed E-state index contributed by atoms with van der Waals surface area (Å²) in [4.78, 5) is 2.19. The van der Waals surface area contributed by atoms with Crippen LogP contribution in [0.2, 0.25) is 0 Å². The van der Waals surface area contributed by atoms with Gasteiger partial charge in [0.05, 0.1) is 0 Å². The molecule has 1 aromatic rings. The van der Waals surface area contributed by atoms with E-state index in [4.69, 9.17) is 5.73 Å². The second-order valence-electron chi connectivity index (χ2n) is 4.71. The van der Waals surface area contributed by atoms with E-state index >= 15 is 0 Å². The first-order chi connectivity index (χ1) is 8.08. The molecule has 1 atom stereocenters. The maximum Gasteiger partial charge on any atom is 0.123 e. The monoisotopic (exact) mass is 238 g/mol. The van der Waals surface area contributed by atoms with E-state index in [-0.39, 0.29) is 5.82 Å². The van der Waals surface area contributed by atoms with Crippen LogP contribution < -0.4 is 10.6 Å². The van der Waals surface area contributed by atoms with E-state index in [0.717, 1.165) is 30.6 Å². The molecule has 2 nitrogen and oxygen atoms in total. The fraction of sp³-hybridized carbons (Fsp3) is 0.571. The molecule has 0 heterocycles. The predicted molar refractivity (Wildman–Crippen MR) is 71.9 cm³/mol. The third-order valence-corrected chi connectivity index (χ3v) is 3.15. The minimum atomic E-state index is -0.186. The average Bonchev–Trinajstić information content (AvgIpc) is 2.29. The smallest absolute Gasteiger partial charge is 0.123 e. The van der Waals surface area contributed by atoms with Crippen molar-refractivity contribution in [1.29, 1.82) is 0 Å². The summed E-state index contributed by atoms with van der Waals surface area (Å²) in [6.45, 7) is 5.94. The number of anilines is 1. The SMILES string of the molecule is CCC(C)CN(C)c1ccc(F)cc1CCN. The maximum atomic E-state index is 13.2. The maximum absolute atomic E-state index is 13.2. The molecule has 3 heteroatoms. The van der Waals surface area contributed by atoms with Gasteiger partial charge in [-0.1, -0.05) is 20.3 Å². The van der Waals surface area contributed by atoms with Crippen molar-refractivity contribution in [3.63, 3.8) is 0 Å². The minimum absolute atomic E-state index is 0.186. The van der Waals surface area contributed by atoms with Crippen molar-refractivity contribution < 1.29 is 4.39 Å². The lowest BCUT2D eigenvalue weighted by molar-refractivity contribution is 0.558. The molecule has 0 bridgehead atoms. The van der Waals surface area contributed by atoms with Crippen molar-refractivity contribution in [2.45, 2.75) is 26.7 Å². The zero-order chi connectivity index (χ0) is 12.8. The second kappa shape index (κ2) is 6.60. The fourth-order valence-electron chi connectivity index (χ4n) is 1.98. The lowest BCUT2D eigenvalue weighted by atomic mass is 10.1. The number of rotatable bonds is 6. The molecular weight excluding hydrogens is 215 g/mol. The highest BCUT2D eigenvalue weighted by molar-refractivity contribution is 5.53. The fourth-order valence-corrected chi connectivity index (χ4v) is 1.98. The van der Waals surface area contributed by atoms with Crippen molar-refractivity contribution >= 4 is 5.69 Å². The molecule has 1 rings (SSSR count). The molecule has 96 valence electrons. The topological polar surface area (TPSA) is 29.3 Å². The highest BCUT2D eigenvalue weighted by Gasteiger charge is 2.10. The van der Waals surface area contributed by atoms with Gasteiger partial charge in [0, 0.05) is 19.3 Å². The average molecular weight is 238 g/mol. The van der Waals surface area contributed by atoms with Crippen LogP contribution in [0, 0.1) is 11.7 Å². The van der Waals surface area contributed by atoms with E-state index in [1.165, 1.54) is 6.07 Å². The van der Waals surface area contributed by atoms with Crippen molar-refractivity contribution in [2.24, 2.45) is 11.7 Å². The van der Waals surface area contributed by atoms with Crippen molar-refractivity contribution in [3.05, 3.63) is 29.6 Å². The molecule has 0 radical (unpaired) electrons. The Morgan fingerprint density at radius 3 is 2.71 bits per heavy atom. The van der Waals surface area contributed by atoms with Crippen LogP contribution in [0.4, 0.5) is 10.1 Å². The molecule has 0 aromatic heterocycles. The largest absolute Gasteiger partial charge is 0.374 e. The van der Waals surface area contributed by atoms with Crippen LogP contribution in [-0.4, -0.2) is 20.1 Å². The molecule has 17 heavy (non-hydrogen) atoms. The Bertz CT molecular complexity index is 352. The summed E-state index contributed by atoms with van der Waals surface area (Å²) in [6, 6.07) is 4.96. The summed E-state index contributed by atoms with van der Waals surface area (Å²) >= 11 is 0. The van der Waals surface area contributed by atoms with E-state index in [1.54, 1.807) is 6.07 Å². The molecule has 0 fully saturated rings. The van der Waals surface area contributed by atoms with Gasteiger partial charge >= 0.3 is 0 Å². The van der Waals surface area contributed by atoms with E-state index in [1.807, 2.05) is 6.07 Å². The van der Waals surface area contributed by atoms with Crippen molar-refractivity contribution in [1.82, 2.24) is 0 Å². The van der Waals surface area contributed by atoms with Crippen LogP contribution in [0.1, 0.15) is 25.8 Å². The van der Waals surface area contributed by atoms with Gasteiger partial charge in [-0.3, -0.25) is 0 Å². The van der Waals surface area contributed by atoms with Gasteiger partial charge in [-0.15, -0.1) is 0 Å². The van der Waals surface area contributed by atoms with Crippen molar-refractivity contribution in [2.75, 3.05) is 25.0 Å². The standard InChI is InChI=1S/C14H23FN2/c1-4-11(2)10-17(3)14-6-5-13(15)9-12(14)7-8-16/h5-6,9,11H,4,7-8,10,16H2,1-3H3. The van der Waals surface area contributed by atoms with Crippen LogP contribution >= 0.6 is 0 Å². The summed E-state index contributed by atoms with van der Waals surface area (Å²) in [5.74, 6) is 0.449. The summed E-state index contributed by atoms with van der Waals surface area (Å²) in [6.07, 6.45) is 1.87. The first-order valence-electron chi connectivity index (χ1n) is 6.28. The number of nitrogens with two attached hydrogens (primary N) is 1. The Kier molecular flexibility index (Phi) is 5.42. The molecular formula is C14H23FN2. The molecule has 0 aliphatic rings. The van der Waals surface area contributed by atoms with Gasteiger partial charge in [-0.25, -0.2) is 4.39 Å². The lowest BCUT2D eigenvalue weighted by Crippen LogP contribution is -2.25. The minimum Gasteiger partial charge on any atom is -0.374 e. The van der Waals surface area contributed by atoms with E-state index in [0.29, 0.717) is 12.5 Å². The molecule has 0 amide bonds. The molecule has 0 aliphatic carbocycles. The van der Waals surface area contributed by atoms with Gasteiger partial charge < -0.3 is 10.6 Å². The van der Waals surface area contributed by atoms with E-state index < -0.39 is 0 Å². The van der Waals surface area contributed by atoms with E-state index in [2.05, 4.69) is 25.8 Å². The van der Waals surface area contributed by atoms with Crippen LogP contribution in [0.5, 0.6) is 0 Å². The summed E-state index contributed by atoms with van der Waals surface area (Å²) in [7, 11) is 2.05. The van der Waals surface area contributed by atoms with Gasteiger partial charge in [0.15, 0.2) is 0 Å². The van der Waals surface area contributed by atoms with Crippen LogP contribution in [0.25, 0.3) is 0 Å². The first kappa shape index (κ1) is 14.0. The summed E-state index contributed by atoms with van der Waals surface area (Å²) in [5, 5.41) is 0. The Labute approximate surface area is 104 Å². The van der Waals surface area contributed by atoms with Gasteiger partial charge in [-0.2, -0.15) is 0 Å². The molecule has 0 aliphatic heterocycles. The third-order valence-electron chi connectivity index (χ3n) is 3.15. The molecule has 2 N–H and O–H groups in total. The molecule has 0 saturated heterocycles. The Morgan fingerprint density at radius 1 is 1.41 bits per heavy atom. The lowest BCUT2D eigenvalue weighted by Gasteiger charge is -2.25. The second-order valence-corrected chi connectivity index (χ2v) is 4.71. The summed E-state index contributed by atoms with van der Waals surface area (Å²) < 4.78 is 13.2. The Morgan fingerprint density at radius 2 is 2.12 bits per heavy atom. The number of hydrogen-bond donors (Lipinski definition) is 1. The van der Waals surface area contributed by atoms with Gasteiger partial charge in [0.25, 0.3) is 0 Å². The molecule has 1 unspecified atom stereocenters. The summed E-state index contributed by atoms with van der Waals surface area (Å²) in [5.41, 5.74) is 7.66. The molecule has 0 saturated carbocycles. The third kappa shape index (κ3) is 4.00. The van der Waals surface area contributed by atoms with Crippen LogP contribution in [-0.2, 0) is 6.42 Å². The van der Waals surface area contributed by atoms with Crippen LogP contribution in [0.15, 0.2) is 18.2 Å². The quantitative estimate of drug-likeness (QED) is 0.825. The zero-order valence-electron chi connectivity index (χ0n) is 11.0. The highest BCUT2D eigenvalue weighted by atomic mass is 19.1.